The third-order valence-electron chi connectivity index (χ3n) is 5.96. The fourth-order valence-electron chi connectivity index (χ4n) is 4.12. The van der Waals surface area contributed by atoms with Crippen LogP contribution in [0.2, 0.25) is 0 Å². The Morgan fingerprint density at radius 2 is 1.88 bits per heavy atom. The summed E-state index contributed by atoms with van der Waals surface area (Å²) < 4.78 is 0. The number of nitrogens with zero attached hydrogens (tertiary/aromatic N) is 6. The second kappa shape index (κ2) is 8.31. The molecule has 168 valence electrons. The minimum absolute atomic E-state index is 0.585. The minimum Gasteiger partial charge on any atom is -0.381 e. The molecular formula is C24H25N7S2. The molecule has 3 aliphatic heterocycles. The van der Waals surface area contributed by atoms with E-state index in [2.05, 4.69) is 61.5 Å². The molecule has 5 rings (SSSR count). The Balaban J connectivity index is 1.59. The summed E-state index contributed by atoms with van der Waals surface area (Å²) in [6.07, 6.45) is 9.56. The van der Waals surface area contributed by atoms with Gasteiger partial charge < -0.3 is 15.1 Å². The Morgan fingerprint density at radius 3 is 2.58 bits per heavy atom. The van der Waals surface area contributed by atoms with Crippen LogP contribution in [0.5, 0.6) is 0 Å². The van der Waals surface area contributed by atoms with E-state index in [1.807, 2.05) is 33.1 Å². The highest BCUT2D eigenvalue weighted by molar-refractivity contribution is 7.81. The fourth-order valence-corrected chi connectivity index (χ4v) is 4.79. The minimum atomic E-state index is 0.585. The number of hydrogen-bond acceptors (Lipinski definition) is 9. The first-order valence-corrected chi connectivity index (χ1v) is 11.5. The topological polar surface area (TPSA) is 58.8 Å². The van der Waals surface area contributed by atoms with E-state index >= 15 is 0 Å². The van der Waals surface area contributed by atoms with Crippen LogP contribution in [0, 0.1) is 0 Å². The number of thiol groups is 1. The van der Waals surface area contributed by atoms with Crippen LogP contribution in [0.1, 0.15) is 18.4 Å². The zero-order valence-electron chi connectivity index (χ0n) is 19.0. The molecule has 0 saturated carbocycles. The smallest absolute Gasteiger partial charge is 0.239 e. The van der Waals surface area contributed by atoms with Crippen LogP contribution in [0.25, 0.3) is 5.70 Å². The molecule has 1 aliphatic carbocycles. The Bertz CT molecular complexity index is 1280. The van der Waals surface area contributed by atoms with Crippen LogP contribution >= 0.6 is 24.8 Å². The second-order valence-corrected chi connectivity index (χ2v) is 9.47. The molecule has 0 atom stereocenters. The van der Waals surface area contributed by atoms with E-state index in [0.29, 0.717) is 11.9 Å². The van der Waals surface area contributed by atoms with Gasteiger partial charge in [-0.15, -0.1) is 12.6 Å². The summed E-state index contributed by atoms with van der Waals surface area (Å²) >= 11 is 10.5. The van der Waals surface area contributed by atoms with Gasteiger partial charge in [-0.25, -0.2) is 19.9 Å². The van der Waals surface area contributed by atoms with Crippen LogP contribution in [0.4, 0.5) is 5.69 Å². The van der Waals surface area contributed by atoms with Crippen LogP contribution in [-0.4, -0.2) is 61.1 Å². The van der Waals surface area contributed by atoms with Gasteiger partial charge >= 0.3 is 0 Å². The molecule has 0 saturated heterocycles. The number of guanidine groups is 2. The summed E-state index contributed by atoms with van der Waals surface area (Å²) in [7, 11) is 8.13. The highest BCUT2D eigenvalue weighted by atomic mass is 32.1. The number of benzene rings is 1. The van der Waals surface area contributed by atoms with E-state index in [1.165, 1.54) is 12.0 Å². The fraction of sp³-hybridized carbons (Fsp3) is 0.250. The van der Waals surface area contributed by atoms with Crippen LogP contribution < -0.4 is 10.2 Å². The molecule has 0 spiro atoms. The number of hydrogen-bond donors (Lipinski definition) is 2. The van der Waals surface area contributed by atoms with Gasteiger partial charge in [0.15, 0.2) is 0 Å². The third kappa shape index (κ3) is 3.91. The summed E-state index contributed by atoms with van der Waals surface area (Å²) in [6, 6.07) is 6.21. The molecule has 0 radical (unpaired) electrons. The highest BCUT2D eigenvalue weighted by Gasteiger charge is 2.32. The standard InChI is InChI=1S/C24H25N7S2/c1-29(2)14-5-7-17(21(32)11-14)19-9-16-10-20(18-8-6-15(30(3)4)12-22(18)33)28-24-26-13-25-23(27-19)31(16)24/h5,7,9-13,32H,6,8H2,1-4H3,(H,25,26,27,28)/b20-18-. The first-order valence-electron chi connectivity index (χ1n) is 10.7. The van der Waals surface area contributed by atoms with E-state index in [0.717, 1.165) is 56.5 Å². The number of thiocarbonyl (C=S) groups is 1. The molecule has 4 aliphatic rings. The van der Waals surface area contributed by atoms with Gasteiger partial charge in [-0.2, -0.15) is 0 Å². The van der Waals surface area contributed by atoms with Crippen molar-refractivity contribution in [2.45, 2.75) is 17.7 Å². The number of rotatable bonds is 3. The Morgan fingerprint density at radius 1 is 1.06 bits per heavy atom. The average Bonchev–Trinajstić information content (AvgIpc) is 2.78. The van der Waals surface area contributed by atoms with Crippen LogP contribution in [-0.2, 0) is 0 Å². The van der Waals surface area contributed by atoms with Gasteiger partial charge in [0.2, 0.25) is 11.9 Å². The number of anilines is 1. The van der Waals surface area contributed by atoms with Crippen molar-refractivity contribution < 1.29 is 0 Å². The summed E-state index contributed by atoms with van der Waals surface area (Å²) in [6.45, 7) is 0. The second-order valence-electron chi connectivity index (χ2n) is 8.55. The number of nitrogens with one attached hydrogen (secondary N) is 1. The van der Waals surface area contributed by atoms with E-state index in [9.17, 15) is 0 Å². The molecule has 1 aromatic carbocycles. The van der Waals surface area contributed by atoms with Gasteiger partial charge in [0.25, 0.3) is 0 Å². The molecule has 0 amide bonds. The quantitative estimate of drug-likeness (QED) is 0.396. The van der Waals surface area contributed by atoms with Crippen molar-refractivity contribution in [2.75, 3.05) is 33.1 Å². The molecule has 7 nitrogen and oxygen atoms in total. The predicted molar refractivity (Wildman–Crippen MR) is 143 cm³/mol. The van der Waals surface area contributed by atoms with E-state index in [1.54, 1.807) is 0 Å². The van der Waals surface area contributed by atoms with Gasteiger partial charge in [-0.1, -0.05) is 12.2 Å². The monoisotopic (exact) mass is 475 g/mol. The van der Waals surface area contributed by atoms with Crippen molar-refractivity contribution in [3.8, 4) is 0 Å². The molecule has 0 unspecified atom stereocenters. The van der Waals surface area contributed by atoms with Gasteiger partial charge in [-0.3, -0.25) is 0 Å². The molecule has 33 heavy (non-hydrogen) atoms. The SMILES string of the molecule is CN(C)C1=CC(=S)/C(=C2/C=C3C=C(c4ccc(N(C)C)cc4S)NC4=NC=NC(=N2)N34)CC1. The van der Waals surface area contributed by atoms with E-state index in [4.69, 9.17) is 29.8 Å². The lowest BCUT2D eigenvalue weighted by molar-refractivity contribution is 0.486. The molecule has 1 aromatic rings. The van der Waals surface area contributed by atoms with Crippen LogP contribution in [0.15, 0.2) is 79.0 Å². The van der Waals surface area contributed by atoms with Gasteiger partial charge in [-0.05, 0) is 54.8 Å². The number of allylic oxidation sites excluding steroid dienone is 5. The van der Waals surface area contributed by atoms with E-state index < -0.39 is 0 Å². The maximum Gasteiger partial charge on any atom is 0.239 e. The number of aliphatic imine (C=N–C) groups is 3. The van der Waals surface area contributed by atoms with Crippen LogP contribution in [0.3, 0.4) is 0 Å². The zero-order chi connectivity index (χ0) is 23.3. The largest absolute Gasteiger partial charge is 0.381 e. The van der Waals surface area contributed by atoms with Gasteiger partial charge in [0, 0.05) is 54.9 Å². The van der Waals surface area contributed by atoms with Gasteiger partial charge in [0.05, 0.1) is 17.1 Å². The van der Waals surface area contributed by atoms with Crippen molar-refractivity contribution in [1.29, 1.82) is 0 Å². The lowest BCUT2D eigenvalue weighted by Crippen LogP contribution is -2.48. The van der Waals surface area contributed by atoms with Crippen molar-refractivity contribution >= 4 is 59.4 Å². The first-order chi connectivity index (χ1) is 15.8. The molecule has 0 aromatic heterocycles. The summed E-state index contributed by atoms with van der Waals surface area (Å²) in [5.41, 5.74) is 7.14. The molecule has 9 heteroatoms. The summed E-state index contributed by atoms with van der Waals surface area (Å²) in [4.78, 5) is 21.5. The van der Waals surface area contributed by atoms with Crippen molar-refractivity contribution in [1.82, 2.24) is 15.1 Å². The summed E-state index contributed by atoms with van der Waals surface area (Å²) in [5, 5.41) is 3.42. The van der Waals surface area contributed by atoms with E-state index in [-0.39, 0.29) is 0 Å². The average molecular weight is 476 g/mol. The first kappa shape index (κ1) is 21.7. The van der Waals surface area contributed by atoms with Crippen molar-refractivity contribution in [3.63, 3.8) is 0 Å². The highest BCUT2D eigenvalue weighted by Crippen LogP contribution is 2.34. The molecule has 1 N–H and O–H groups in total. The molecule has 0 bridgehead atoms. The molecule has 3 heterocycles. The molecular weight excluding hydrogens is 450 g/mol. The Labute approximate surface area is 204 Å². The normalized spacial score (nSPS) is 21.3. The van der Waals surface area contributed by atoms with Gasteiger partial charge in [0.1, 0.15) is 6.34 Å². The molecule has 0 fully saturated rings. The zero-order valence-corrected chi connectivity index (χ0v) is 20.7. The maximum atomic E-state index is 5.74. The third-order valence-corrected chi connectivity index (χ3v) is 6.70. The summed E-state index contributed by atoms with van der Waals surface area (Å²) in [5.74, 6) is 1.25. The Hall–Kier alpha value is -3.17. The van der Waals surface area contributed by atoms with Crippen molar-refractivity contribution in [2.24, 2.45) is 15.0 Å². The van der Waals surface area contributed by atoms with Crippen molar-refractivity contribution in [3.05, 3.63) is 64.7 Å². The lowest BCUT2D eigenvalue weighted by Gasteiger charge is -2.35. The maximum absolute atomic E-state index is 5.74. The predicted octanol–water partition coefficient (Wildman–Crippen LogP) is 3.80. The lowest BCUT2D eigenvalue weighted by atomic mass is 9.95. The Kier molecular flexibility index (Phi) is 5.46.